The highest BCUT2D eigenvalue weighted by Crippen LogP contribution is 2.04. The Morgan fingerprint density at radius 1 is 1.33 bits per heavy atom. The molecule has 82 valence electrons. The molecular formula is C10H13NO3S. The van der Waals surface area contributed by atoms with E-state index in [-0.39, 0.29) is 17.2 Å². The van der Waals surface area contributed by atoms with Crippen molar-refractivity contribution in [3.05, 3.63) is 35.9 Å². The Bertz CT molecular complexity index is 437. The average molecular weight is 227 g/mol. The van der Waals surface area contributed by atoms with E-state index in [1.54, 1.807) is 31.2 Å². The predicted molar refractivity (Wildman–Crippen MR) is 59.1 cm³/mol. The number of nitrogens with zero attached hydrogens (tertiary/aromatic N) is 1. The van der Waals surface area contributed by atoms with Crippen LogP contribution < -0.4 is 0 Å². The van der Waals surface area contributed by atoms with Crippen molar-refractivity contribution in [3.8, 4) is 0 Å². The van der Waals surface area contributed by atoms with E-state index in [4.69, 9.17) is 5.21 Å². The van der Waals surface area contributed by atoms with Crippen molar-refractivity contribution in [2.45, 2.75) is 6.92 Å². The van der Waals surface area contributed by atoms with Gasteiger partial charge in [0.1, 0.15) is 5.71 Å². The van der Waals surface area contributed by atoms with Crippen LogP contribution in [-0.2, 0) is 9.84 Å². The zero-order valence-corrected chi connectivity index (χ0v) is 9.24. The van der Waals surface area contributed by atoms with Crippen LogP contribution in [0.15, 0.2) is 35.5 Å². The van der Waals surface area contributed by atoms with Gasteiger partial charge in [-0.15, -0.1) is 0 Å². The lowest BCUT2D eigenvalue weighted by atomic mass is 10.1. The van der Waals surface area contributed by atoms with Crippen molar-refractivity contribution in [1.82, 2.24) is 0 Å². The average Bonchev–Trinajstić information content (AvgIpc) is 2.27. The number of oxime groups is 1. The summed E-state index contributed by atoms with van der Waals surface area (Å²) < 4.78 is 22.7. The third kappa shape index (κ3) is 3.36. The summed E-state index contributed by atoms with van der Waals surface area (Å²) in [6, 6.07) is 8.76. The van der Waals surface area contributed by atoms with Crippen LogP contribution in [0.5, 0.6) is 0 Å². The maximum atomic E-state index is 11.3. The fourth-order valence-corrected chi connectivity index (χ4v) is 1.96. The first-order valence-corrected chi connectivity index (χ1v) is 6.38. The summed E-state index contributed by atoms with van der Waals surface area (Å²) >= 11 is 0. The Hall–Kier alpha value is -1.36. The Labute approximate surface area is 89.2 Å². The van der Waals surface area contributed by atoms with Gasteiger partial charge in [0.15, 0.2) is 9.84 Å². The highest BCUT2D eigenvalue weighted by Gasteiger charge is 2.14. The van der Waals surface area contributed by atoms with Crippen LogP contribution in [0.4, 0.5) is 0 Å². The van der Waals surface area contributed by atoms with E-state index < -0.39 is 9.84 Å². The quantitative estimate of drug-likeness (QED) is 0.479. The molecule has 0 aromatic heterocycles. The molecule has 0 unspecified atom stereocenters. The summed E-state index contributed by atoms with van der Waals surface area (Å²) in [6.07, 6.45) is 0. The molecule has 0 radical (unpaired) electrons. The summed E-state index contributed by atoms with van der Waals surface area (Å²) in [5.74, 6) is -0.192. The molecule has 15 heavy (non-hydrogen) atoms. The summed E-state index contributed by atoms with van der Waals surface area (Å²) in [7, 11) is -3.17. The zero-order chi connectivity index (χ0) is 11.3. The second-order valence-corrected chi connectivity index (χ2v) is 5.44. The molecule has 0 saturated heterocycles. The largest absolute Gasteiger partial charge is 0.411 e. The molecular weight excluding hydrogens is 214 g/mol. The van der Waals surface area contributed by atoms with Gasteiger partial charge in [0.05, 0.1) is 5.75 Å². The summed E-state index contributed by atoms with van der Waals surface area (Å²) in [5.41, 5.74) is 0.800. The normalized spacial score (nSPS) is 12.7. The van der Waals surface area contributed by atoms with Gasteiger partial charge in [-0.3, -0.25) is 0 Å². The van der Waals surface area contributed by atoms with Crippen LogP contribution in [0, 0.1) is 0 Å². The standard InChI is InChI=1S/C10H13NO3S/c1-2-15(13,14)8-10(11-12)9-6-4-3-5-7-9/h3-7,12H,2,8H2,1H3. The van der Waals surface area contributed by atoms with Gasteiger partial charge in [0, 0.05) is 11.3 Å². The minimum atomic E-state index is -3.17. The van der Waals surface area contributed by atoms with Crippen LogP contribution >= 0.6 is 0 Å². The first kappa shape index (κ1) is 11.7. The molecule has 4 nitrogen and oxygen atoms in total. The third-order valence-corrected chi connectivity index (χ3v) is 3.62. The van der Waals surface area contributed by atoms with E-state index in [1.807, 2.05) is 6.07 Å². The topological polar surface area (TPSA) is 66.7 Å². The Morgan fingerprint density at radius 3 is 2.40 bits per heavy atom. The maximum absolute atomic E-state index is 11.3. The van der Waals surface area contributed by atoms with Crippen LogP contribution in [0.2, 0.25) is 0 Å². The van der Waals surface area contributed by atoms with Crippen LogP contribution in [0.25, 0.3) is 0 Å². The van der Waals surface area contributed by atoms with E-state index >= 15 is 0 Å². The lowest BCUT2D eigenvalue weighted by Crippen LogP contribution is -2.18. The smallest absolute Gasteiger partial charge is 0.155 e. The third-order valence-electron chi connectivity index (χ3n) is 2.02. The van der Waals surface area contributed by atoms with Gasteiger partial charge in [-0.25, -0.2) is 8.42 Å². The van der Waals surface area contributed by atoms with E-state index in [1.165, 1.54) is 0 Å². The summed E-state index contributed by atoms with van der Waals surface area (Å²) in [4.78, 5) is 0. The lowest BCUT2D eigenvalue weighted by molar-refractivity contribution is 0.319. The second-order valence-electron chi connectivity index (χ2n) is 3.09. The zero-order valence-electron chi connectivity index (χ0n) is 8.42. The SMILES string of the molecule is CCS(=O)(=O)CC(=NO)c1ccccc1. The fraction of sp³-hybridized carbons (Fsp3) is 0.300. The molecule has 0 amide bonds. The molecule has 1 rings (SSSR count). The summed E-state index contributed by atoms with van der Waals surface area (Å²) in [6.45, 7) is 1.56. The van der Waals surface area contributed by atoms with Gasteiger partial charge >= 0.3 is 0 Å². The molecule has 1 aromatic rings. The lowest BCUT2D eigenvalue weighted by Gasteiger charge is -2.04. The highest BCUT2D eigenvalue weighted by molar-refractivity contribution is 7.92. The molecule has 0 fully saturated rings. The molecule has 1 aromatic carbocycles. The monoisotopic (exact) mass is 227 g/mol. The molecule has 5 heteroatoms. The number of benzene rings is 1. The first-order valence-electron chi connectivity index (χ1n) is 4.56. The molecule has 0 aliphatic rings. The van der Waals surface area contributed by atoms with Gasteiger partial charge in [0.2, 0.25) is 0 Å². The molecule has 0 aliphatic carbocycles. The van der Waals surface area contributed by atoms with Crippen molar-refractivity contribution >= 4 is 15.5 Å². The number of sulfone groups is 1. The molecule has 0 saturated carbocycles. The molecule has 0 spiro atoms. The Kier molecular flexibility index (Phi) is 3.85. The maximum Gasteiger partial charge on any atom is 0.155 e. The van der Waals surface area contributed by atoms with Crippen molar-refractivity contribution < 1.29 is 13.6 Å². The number of rotatable bonds is 4. The minimum absolute atomic E-state index is 0.0405. The summed E-state index contributed by atoms with van der Waals surface area (Å²) in [5, 5.41) is 11.8. The van der Waals surface area contributed by atoms with Crippen LogP contribution in [0.3, 0.4) is 0 Å². The minimum Gasteiger partial charge on any atom is -0.411 e. The Balaban J connectivity index is 2.94. The second kappa shape index (κ2) is 4.93. The van der Waals surface area contributed by atoms with Crippen molar-refractivity contribution in [3.63, 3.8) is 0 Å². The molecule has 0 atom stereocenters. The van der Waals surface area contributed by atoms with E-state index in [0.717, 1.165) is 0 Å². The van der Waals surface area contributed by atoms with Crippen molar-refractivity contribution in [1.29, 1.82) is 0 Å². The van der Waals surface area contributed by atoms with Gasteiger partial charge in [-0.2, -0.15) is 0 Å². The molecule has 0 bridgehead atoms. The predicted octanol–water partition coefficient (Wildman–Crippen LogP) is 1.30. The fourth-order valence-electron chi connectivity index (χ4n) is 1.11. The van der Waals surface area contributed by atoms with Crippen LogP contribution in [-0.4, -0.2) is 30.8 Å². The first-order chi connectivity index (χ1) is 7.09. The van der Waals surface area contributed by atoms with Gasteiger partial charge in [-0.05, 0) is 0 Å². The molecule has 0 heterocycles. The van der Waals surface area contributed by atoms with E-state index in [9.17, 15) is 8.42 Å². The van der Waals surface area contributed by atoms with Gasteiger partial charge < -0.3 is 5.21 Å². The highest BCUT2D eigenvalue weighted by atomic mass is 32.2. The Morgan fingerprint density at radius 2 is 1.93 bits per heavy atom. The van der Waals surface area contributed by atoms with Crippen molar-refractivity contribution in [2.24, 2.45) is 5.16 Å². The van der Waals surface area contributed by atoms with E-state index in [0.29, 0.717) is 5.56 Å². The van der Waals surface area contributed by atoms with Crippen LogP contribution in [0.1, 0.15) is 12.5 Å². The van der Waals surface area contributed by atoms with Gasteiger partial charge in [-0.1, -0.05) is 42.4 Å². The molecule has 1 N–H and O–H groups in total. The number of hydrogen-bond acceptors (Lipinski definition) is 4. The van der Waals surface area contributed by atoms with Gasteiger partial charge in [0.25, 0.3) is 0 Å². The number of hydrogen-bond donors (Lipinski definition) is 1. The van der Waals surface area contributed by atoms with E-state index in [2.05, 4.69) is 5.16 Å². The van der Waals surface area contributed by atoms with Crippen molar-refractivity contribution in [2.75, 3.05) is 11.5 Å². The molecule has 0 aliphatic heterocycles.